The van der Waals surface area contributed by atoms with Crippen molar-refractivity contribution in [2.75, 3.05) is 0 Å². The molecule has 0 unspecified atom stereocenters. The molecule has 0 amide bonds. The van der Waals surface area contributed by atoms with Crippen molar-refractivity contribution in [2.45, 2.75) is 5.92 Å². The molecule has 4 heteroatoms. The molecule has 0 atom stereocenters. The topological polar surface area (TPSA) is 51.8 Å². The largest absolute Gasteiger partial charge is 0.456 e. The van der Waals surface area contributed by atoms with Gasteiger partial charge in [-0.2, -0.15) is 0 Å². The van der Waals surface area contributed by atoms with Crippen LogP contribution in [0.3, 0.4) is 0 Å². The normalized spacial score (nSPS) is 12.5. The first-order valence-electron chi connectivity index (χ1n) is 14.8. The minimum absolute atomic E-state index is 0.189. The van der Waals surface area contributed by atoms with Gasteiger partial charge in [-0.05, 0) is 52.1 Å². The Balaban J connectivity index is 1.17. The van der Waals surface area contributed by atoms with Crippen LogP contribution in [0.5, 0.6) is 0 Å². The zero-order chi connectivity index (χ0) is 29.0. The highest BCUT2D eigenvalue weighted by Crippen LogP contribution is 2.48. The summed E-state index contributed by atoms with van der Waals surface area (Å²) >= 11 is 0. The minimum Gasteiger partial charge on any atom is -0.456 e. The molecule has 0 aliphatic heterocycles. The maximum absolute atomic E-state index is 6.43. The number of aromatic nitrogens is 3. The third kappa shape index (κ3) is 3.96. The predicted molar refractivity (Wildman–Crippen MR) is 176 cm³/mol. The van der Waals surface area contributed by atoms with Gasteiger partial charge in [0.15, 0.2) is 17.5 Å². The summed E-state index contributed by atoms with van der Waals surface area (Å²) in [6.45, 7) is 0. The molecule has 0 saturated heterocycles. The van der Waals surface area contributed by atoms with Gasteiger partial charge in [-0.3, -0.25) is 0 Å². The lowest BCUT2D eigenvalue weighted by Gasteiger charge is -2.14. The van der Waals surface area contributed by atoms with E-state index in [1.54, 1.807) is 0 Å². The van der Waals surface area contributed by atoms with Gasteiger partial charge >= 0.3 is 0 Å². The molecule has 0 saturated carbocycles. The van der Waals surface area contributed by atoms with Crippen LogP contribution in [0.15, 0.2) is 150 Å². The first-order valence-corrected chi connectivity index (χ1v) is 14.8. The van der Waals surface area contributed by atoms with Gasteiger partial charge in [0.2, 0.25) is 0 Å². The van der Waals surface area contributed by atoms with Crippen LogP contribution in [0.4, 0.5) is 0 Å². The van der Waals surface area contributed by atoms with Crippen molar-refractivity contribution in [3.05, 3.63) is 162 Å². The maximum Gasteiger partial charge on any atom is 0.164 e. The molecule has 1 aliphatic carbocycles. The fourth-order valence-corrected chi connectivity index (χ4v) is 6.57. The number of benzene rings is 6. The van der Waals surface area contributed by atoms with Crippen molar-refractivity contribution in [1.82, 2.24) is 15.0 Å². The van der Waals surface area contributed by atoms with Crippen LogP contribution in [0, 0.1) is 0 Å². The minimum atomic E-state index is 0.189. The van der Waals surface area contributed by atoms with Crippen molar-refractivity contribution in [2.24, 2.45) is 0 Å². The molecule has 4 nitrogen and oxygen atoms in total. The van der Waals surface area contributed by atoms with E-state index in [9.17, 15) is 0 Å². The molecule has 8 aromatic rings. The summed E-state index contributed by atoms with van der Waals surface area (Å²) in [6, 6.07) is 50.5. The highest BCUT2D eigenvalue weighted by molar-refractivity contribution is 6.06. The molecule has 2 heterocycles. The second-order valence-corrected chi connectivity index (χ2v) is 11.2. The van der Waals surface area contributed by atoms with E-state index in [-0.39, 0.29) is 5.92 Å². The summed E-state index contributed by atoms with van der Waals surface area (Å²) < 4.78 is 6.43. The molecule has 1 aliphatic rings. The molecule has 2 aromatic heterocycles. The van der Waals surface area contributed by atoms with Crippen molar-refractivity contribution in [3.63, 3.8) is 0 Å². The van der Waals surface area contributed by atoms with Gasteiger partial charge in [0.25, 0.3) is 0 Å². The molecule has 206 valence electrons. The Hall–Kier alpha value is -5.87. The van der Waals surface area contributed by atoms with Crippen molar-refractivity contribution in [1.29, 1.82) is 0 Å². The molecule has 0 fully saturated rings. The lowest BCUT2D eigenvalue weighted by Crippen LogP contribution is -2.00. The number of furan rings is 1. The van der Waals surface area contributed by atoms with Crippen molar-refractivity contribution >= 4 is 21.9 Å². The highest BCUT2D eigenvalue weighted by Gasteiger charge is 2.29. The summed E-state index contributed by atoms with van der Waals surface area (Å²) in [5, 5.41) is 2.18. The van der Waals surface area contributed by atoms with Crippen molar-refractivity contribution < 1.29 is 4.42 Å². The summed E-state index contributed by atoms with van der Waals surface area (Å²) in [6.07, 6.45) is 0. The molecule has 44 heavy (non-hydrogen) atoms. The van der Waals surface area contributed by atoms with E-state index in [1.165, 1.54) is 27.8 Å². The molecule has 0 spiro atoms. The van der Waals surface area contributed by atoms with Gasteiger partial charge in [0, 0.05) is 33.4 Å². The van der Waals surface area contributed by atoms with Crippen LogP contribution in [-0.4, -0.2) is 15.0 Å². The Labute approximate surface area is 254 Å². The zero-order valence-corrected chi connectivity index (χ0v) is 23.7. The monoisotopic (exact) mass is 563 g/mol. The van der Waals surface area contributed by atoms with E-state index >= 15 is 0 Å². The fraction of sp³-hybridized carbons (Fsp3) is 0.0250. The number of nitrogens with zero attached hydrogens (tertiary/aromatic N) is 3. The standard InChI is InChI=1S/C40H25N3O/c1-3-11-25(12-4-1)38-41-39(26-13-5-2-6-14-26)43-40(42-38)28-19-21-31-34-23-27(20-22-35(34)44-36(31)24-28)37-32-17-9-7-15-29(32)30-16-8-10-18-33(30)37/h1-24,37H. The highest BCUT2D eigenvalue weighted by atomic mass is 16.3. The predicted octanol–water partition coefficient (Wildman–Crippen LogP) is 9.93. The first kappa shape index (κ1) is 24.7. The first-order chi connectivity index (χ1) is 21.8. The zero-order valence-electron chi connectivity index (χ0n) is 23.7. The van der Waals surface area contributed by atoms with Crippen molar-refractivity contribution in [3.8, 4) is 45.3 Å². The Morgan fingerprint density at radius 3 is 1.57 bits per heavy atom. The average Bonchev–Trinajstić information content (AvgIpc) is 3.64. The quantitative estimate of drug-likeness (QED) is 0.214. The van der Waals surface area contributed by atoms with Crippen LogP contribution in [0.1, 0.15) is 22.6 Å². The molecular weight excluding hydrogens is 538 g/mol. The van der Waals surface area contributed by atoms with E-state index in [0.717, 1.165) is 38.6 Å². The third-order valence-electron chi connectivity index (χ3n) is 8.62. The van der Waals surface area contributed by atoms with Gasteiger partial charge in [-0.15, -0.1) is 0 Å². The van der Waals surface area contributed by atoms with E-state index < -0.39 is 0 Å². The molecular formula is C40H25N3O. The van der Waals surface area contributed by atoms with E-state index in [0.29, 0.717) is 17.5 Å². The summed E-state index contributed by atoms with van der Waals surface area (Å²) in [4.78, 5) is 14.6. The molecule has 6 aromatic carbocycles. The second kappa shape index (κ2) is 9.85. The van der Waals surface area contributed by atoms with Crippen LogP contribution < -0.4 is 0 Å². The Morgan fingerprint density at radius 2 is 0.955 bits per heavy atom. The lowest BCUT2D eigenvalue weighted by atomic mass is 9.88. The van der Waals surface area contributed by atoms with Gasteiger partial charge < -0.3 is 4.42 Å². The maximum atomic E-state index is 6.43. The van der Waals surface area contributed by atoms with Gasteiger partial charge in [-0.25, -0.2) is 15.0 Å². The second-order valence-electron chi connectivity index (χ2n) is 11.2. The van der Waals surface area contributed by atoms with Gasteiger partial charge in [-0.1, -0.05) is 121 Å². The smallest absolute Gasteiger partial charge is 0.164 e. The fourth-order valence-electron chi connectivity index (χ4n) is 6.57. The lowest BCUT2D eigenvalue weighted by molar-refractivity contribution is 0.669. The third-order valence-corrected chi connectivity index (χ3v) is 8.62. The Morgan fingerprint density at radius 1 is 0.409 bits per heavy atom. The molecule has 0 radical (unpaired) electrons. The van der Waals surface area contributed by atoms with Crippen LogP contribution >= 0.6 is 0 Å². The van der Waals surface area contributed by atoms with Crippen LogP contribution in [0.25, 0.3) is 67.2 Å². The number of hydrogen-bond donors (Lipinski definition) is 0. The van der Waals surface area contributed by atoms with E-state index in [2.05, 4.69) is 78.9 Å². The average molecular weight is 564 g/mol. The SMILES string of the molecule is c1ccc(-c2nc(-c3ccccc3)nc(-c3ccc4c(c3)oc3ccc(C5c6ccccc6-c6ccccc65)cc34)n2)cc1. The van der Waals surface area contributed by atoms with E-state index in [4.69, 9.17) is 19.4 Å². The van der Waals surface area contributed by atoms with Gasteiger partial charge in [0.1, 0.15) is 11.2 Å². The summed E-state index contributed by atoms with van der Waals surface area (Å²) in [5.41, 5.74) is 11.0. The molecule has 0 bridgehead atoms. The Kier molecular flexibility index (Phi) is 5.53. The number of fused-ring (bicyclic) bond motifs is 6. The number of hydrogen-bond acceptors (Lipinski definition) is 4. The van der Waals surface area contributed by atoms with Gasteiger partial charge in [0.05, 0.1) is 0 Å². The summed E-state index contributed by atoms with van der Waals surface area (Å²) in [7, 11) is 0. The summed E-state index contributed by atoms with van der Waals surface area (Å²) in [5.74, 6) is 2.08. The molecule has 9 rings (SSSR count). The number of rotatable bonds is 4. The molecule has 0 N–H and O–H groups in total. The van der Waals surface area contributed by atoms with E-state index in [1.807, 2.05) is 66.7 Å². The van der Waals surface area contributed by atoms with Crippen LogP contribution in [-0.2, 0) is 0 Å². The Bertz CT molecular complexity index is 2240. The van der Waals surface area contributed by atoms with Crippen LogP contribution in [0.2, 0.25) is 0 Å².